The lowest BCUT2D eigenvalue weighted by atomic mass is 10.2. The minimum absolute atomic E-state index is 0.174. The van der Waals surface area contributed by atoms with Gasteiger partial charge in [-0.25, -0.2) is 28.1 Å². The quantitative estimate of drug-likeness (QED) is 0.241. The van der Waals surface area contributed by atoms with E-state index in [0.717, 1.165) is 11.4 Å². The molecule has 0 spiro atoms. The first-order valence-electron chi connectivity index (χ1n) is 12.0. The maximum absolute atomic E-state index is 11.7. The van der Waals surface area contributed by atoms with Crippen molar-refractivity contribution in [2.75, 3.05) is 23.9 Å². The van der Waals surface area contributed by atoms with E-state index in [4.69, 9.17) is 22.1 Å². The summed E-state index contributed by atoms with van der Waals surface area (Å²) in [5.74, 6) is 7.51. The summed E-state index contributed by atoms with van der Waals surface area (Å²) in [5.41, 5.74) is 9.36. The molecule has 3 aromatic heterocycles. The summed E-state index contributed by atoms with van der Waals surface area (Å²) in [7, 11) is -1.46. The highest BCUT2D eigenvalue weighted by Crippen LogP contribution is 2.31. The number of anilines is 2. The number of aryl methyl sites for hydroxylation is 2. The zero-order valence-corrected chi connectivity index (χ0v) is 23.5. The van der Waals surface area contributed by atoms with Crippen molar-refractivity contribution in [3.63, 3.8) is 0 Å². The number of hydrogen-bond acceptors (Lipinski definition) is 9. The molecular formula is C27H28ClN7O3S. The number of aromatic nitrogens is 5. The van der Waals surface area contributed by atoms with Crippen LogP contribution in [0, 0.1) is 18.8 Å². The van der Waals surface area contributed by atoms with Crippen LogP contribution in [0.4, 0.5) is 11.5 Å². The SMILES string of the molecule is Cc1nn(C)c(O[C@@H](C)CCNc2cc(Cl)ncc2C#Cc2ccc(S(C)(=O)=O)cc2)c1-c1nccc(N)n1. The van der Waals surface area contributed by atoms with E-state index in [1.54, 1.807) is 41.3 Å². The summed E-state index contributed by atoms with van der Waals surface area (Å²) in [6.07, 6.45) is 4.85. The van der Waals surface area contributed by atoms with Gasteiger partial charge in [-0.05, 0) is 50.2 Å². The van der Waals surface area contributed by atoms with Crippen LogP contribution >= 0.6 is 11.6 Å². The molecule has 4 aromatic rings. The van der Waals surface area contributed by atoms with Crippen LogP contribution < -0.4 is 15.8 Å². The zero-order chi connectivity index (χ0) is 28.2. The Bertz CT molecular complexity index is 1660. The van der Waals surface area contributed by atoms with E-state index in [-0.39, 0.29) is 11.0 Å². The third kappa shape index (κ3) is 7.04. The highest BCUT2D eigenvalue weighted by Gasteiger charge is 2.21. The van der Waals surface area contributed by atoms with Crippen LogP contribution in [-0.4, -0.2) is 52.1 Å². The molecule has 3 heterocycles. The Hall–Kier alpha value is -4.14. The Kier molecular flexibility index (Phi) is 8.38. The molecule has 0 unspecified atom stereocenters. The minimum Gasteiger partial charge on any atom is -0.474 e. The van der Waals surface area contributed by atoms with Gasteiger partial charge in [-0.3, -0.25) is 0 Å². The van der Waals surface area contributed by atoms with Gasteiger partial charge in [0.25, 0.3) is 0 Å². The van der Waals surface area contributed by atoms with Crippen molar-refractivity contribution in [2.24, 2.45) is 7.05 Å². The lowest BCUT2D eigenvalue weighted by Crippen LogP contribution is -2.19. The first kappa shape index (κ1) is 27.9. The number of benzene rings is 1. The van der Waals surface area contributed by atoms with Crippen LogP contribution in [0.25, 0.3) is 11.4 Å². The lowest BCUT2D eigenvalue weighted by molar-refractivity contribution is 0.198. The van der Waals surface area contributed by atoms with E-state index in [1.807, 2.05) is 20.9 Å². The molecule has 4 rings (SSSR count). The number of nitrogens with two attached hydrogens (primary N) is 1. The molecule has 0 saturated heterocycles. The molecule has 0 aliphatic carbocycles. The van der Waals surface area contributed by atoms with Gasteiger partial charge in [0.05, 0.1) is 27.9 Å². The van der Waals surface area contributed by atoms with Gasteiger partial charge in [-0.15, -0.1) is 0 Å². The number of halogens is 1. The summed E-state index contributed by atoms with van der Waals surface area (Å²) in [6.45, 7) is 4.41. The van der Waals surface area contributed by atoms with Crippen molar-refractivity contribution in [1.29, 1.82) is 0 Å². The standard InChI is InChI=1S/C27H28ClN7O3S/c1-17(38-27-25(18(2)34-35(27)3)26-31-14-12-24(29)33-26)11-13-30-22-15-23(28)32-16-20(22)8-5-19-6-9-21(10-7-19)39(4,36)37/h6-7,9-10,12,14-17H,11,13H2,1-4H3,(H,30,32)(H2,29,31,33)/t17-/m0/s1. The zero-order valence-electron chi connectivity index (χ0n) is 21.9. The van der Waals surface area contributed by atoms with E-state index in [2.05, 4.69) is 37.2 Å². The summed E-state index contributed by atoms with van der Waals surface area (Å²) < 4.78 is 31.3. The molecule has 39 heavy (non-hydrogen) atoms. The molecule has 0 bridgehead atoms. The molecule has 12 heteroatoms. The molecular weight excluding hydrogens is 538 g/mol. The van der Waals surface area contributed by atoms with Crippen LogP contribution in [0.2, 0.25) is 5.15 Å². The number of nitrogens with zero attached hydrogens (tertiary/aromatic N) is 5. The van der Waals surface area contributed by atoms with Crippen LogP contribution in [0.5, 0.6) is 5.88 Å². The average Bonchev–Trinajstić information content (AvgIpc) is 3.15. The second kappa shape index (κ2) is 11.7. The number of rotatable bonds is 8. The van der Waals surface area contributed by atoms with E-state index in [0.29, 0.717) is 52.3 Å². The fourth-order valence-corrected chi connectivity index (χ4v) is 4.57. The van der Waals surface area contributed by atoms with Crippen molar-refractivity contribution in [2.45, 2.75) is 31.3 Å². The van der Waals surface area contributed by atoms with Crippen molar-refractivity contribution in [3.05, 3.63) is 70.8 Å². The third-order valence-corrected chi connectivity index (χ3v) is 7.08. The summed E-state index contributed by atoms with van der Waals surface area (Å²) in [6, 6.07) is 9.75. The number of nitrogen functional groups attached to an aromatic ring is 1. The number of hydrogen-bond donors (Lipinski definition) is 2. The summed E-state index contributed by atoms with van der Waals surface area (Å²) in [5, 5.41) is 8.16. The van der Waals surface area contributed by atoms with Crippen LogP contribution in [0.1, 0.15) is 30.2 Å². The van der Waals surface area contributed by atoms with Gasteiger partial charge < -0.3 is 15.8 Å². The van der Waals surface area contributed by atoms with Crippen LogP contribution in [0.3, 0.4) is 0 Å². The Balaban J connectivity index is 1.44. The molecule has 3 N–H and O–H groups in total. The molecule has 202 valence electrons. The highest BCUT2D eigenvalue weighted by molar-refractivity contribution is 7.90. The molecule has 1 aromatic carbocycles. The Morgan fingerprint density at radius 2 is 1.92 bits per heavy atom. The minimum atomic E-state index is -3.26. The predicted molar refractivity (Wildman–Crippen MR) is 151 cm³/mol. The van der Waals surface area contributed by atoms with Gasteiger partial charge in [0.15, 0.2) is 15.7 Å². The second-order valence-electron chi connectivity index (χ2n) is 8.94. The van der Waals surface area contributed by atoms with E-state index in [1.165, 1.54) is 18.4 Å². The lowest BCUT2D eigenvalue weighted by Gasteiger charge is -2.17. The summed E-state index contributed by atoms with van der Waals surface area (Å²) >= 11 is 6.14. The second-order valence-corrected chi connectivity index (χ2v) is 11.3. The van der Waals surface area contributed by atoms with Crippen molar-refractivity contribution >= 4 is 32.9 Å². The van der Waals surface area contributed by atoms with Gasteiger partial charge in [0.2, 0.25) is 5.88 Å². The molecule has 0 amide bonds. The maximum Gasteiger partial charge on any atom is 0.223 e. The average molecular weight is 566 g/mol. The highest BCUT2D eigenvalue weighted by atomic mass is 35.5. The Labute approximate surface area is 232 Å². The normalized spacial score (nSPS) is 11.9. The van der Waals surface area contributed by atoms with E-state index in [9.17, 15) is 8.42 Å². The van der Waals surface area contributed by atoms with Crippen molar-refractivity contribution < 1.29 is 13.2 Å². The number of sulfone groups is 1. The topological polar surface area (TPSA) is 138 Å². The predicted octanol–water partition coefficient (Wildman–Crippen LogP) is 3.89. The smallest absolute Gasteiger partial charge is 0.223 e. The Morgan fingerprint density at radius 3 is 2.62 bits per heavy atom. The summed E-state index contributed by atoms with van der Waals surface area (Å²) in [4.78, 5) is 13.0. The molecule has 0 saturated carbocycles. The van der Waals surface area contributed by atoms with Gasteiger partial charge in [-0.2, -0.15) is 5.10 Å². The van der Waals surface area contributed by atoms with E-state index < -0.39 is 9.84 Å². The van der Waals surface area contributed by atoms with Crippen LogP contribution in [0.15, 0.2) is 53.7 Å². The Morgan fingerprint density at radius 1 is 1.18 bits per heavy atom. The molecule has 10 nitrogen and oxygen atoms in total. The van der Waals surface area contributed by atoms with Gasteiger partial charge in [0, 0.05) is 44.2 Å². The van der Waals surface area contributed by atoms with Crippen LogP contribution in [-0.2, 0) is 16.9 Å². The van der Waals surface area contributed by atoms with Gasteiger partial charge in [-0.1, -0.05) is 23.4 Å². The largest absolute Gasteiger partial charge is 0.474 e. The fraction of sp³-hybridized carbons (Fsp3) is 0.259. The first-order chi connectivity index (χ1) is 18.5. The molecule has 0 radical (unpaired) electrons. The van der Waals surface area contributed by atoms with Gasteiger partial charge in [0.1, 0.15) is 16.5 Å². The molecule has 0 fully saturated rings. The van der Waals surface area contributed by atoms with E-state index >= 15 is 0 Å². The maximum atomic E-state index is 11.7. The molecule has 0 aliphatic heterocycles. The third-order valence-electron chi connectivity index (χ3n) is 5.74. The van der Waals surface area contributed by atoms with Gasteiger partial charge >= 0.3 is 0 Å². The fourth-order valence-electron chi connectivity index (χ4n) is 3.78. The van der Waals surface area contributed by atoms with Crippen molar-refractivity contribution in [3.8, 4) is 29.1 Å². The molecule has 0 aliphatic rings. The number of pyridine rings is 1. The first-order valence-corrected chi connectivity index (χ1v) is 14.3. The monoisotopic (exact) mass is 565 g/mol. The van der Waals surface area contributed by atoms with Crippen molar-refractivity contribution in [1.82, 2.24) is 24.7 Å². The number of ether oxygens (including phenoxy) is 1. The molecule has 1 atom stereocenters. The number of nitrogens with one attached hydrogen (secondary N) is 1.